The molecule has 1 aliphatic carbocycles. The molecule has 1 spiro atoms. The van der Waals surface area contributed by atoms with Crippen molar-refractivity contribution in [3.8, 4) is 0 Å². The lowest BCUT2D eigenvalue weighted by Gasteiger charge is -2.34. The van der Waals surface area contributed by atoms with Crippen LogP contribution in [0.15, 0.2) is 30.5 Å². The molecule has 0 saturated carbocycles. The minimum atomic E-state index is -4.36. The number of alkyl halides is 3. The van der Waals surface area contributed by atoms with Crippen LogP contribution < -0.4 is 10.6 Å². The predicted octanol–water partition coefficient (Wildman–Crippen LogP) is 5.42. The Bertz CT molecular complexity index is 1110. The fraction of sp³-hybridized carbons (Fsp3) is 0.429. The number of benzene rings is 1. The molecule has 0 unspecified atom stereocenters. The number of rotatable bonds is 3. The molecule has 5 rings (SSSR count). The van der Waals surface area contributed by atoms with Gasteiger partial charge in [0.15, 0.2) is 5.65 Å². The van der Waals surface area contributed by atoms with E-state index in [2.05, 4.69) is 15.7 Å². The highest BCUT2D eigenvalue weighted by molar-refractivity contribution is 6.33. The van der Waals surface area contributed by atoms with E-state index in [-0.39, 0.29) is 36.8 Å². The van der Waals surface area contributed by atoms with Gasteiger partial charge in [-0.1, -0.05) is 23.7 Å². The van der Waals surface area contributed by atoms with Crippen LogP contribution in [0.1, 0.15) is 41.6 Å². The highest BCUT2D eigenvalue weighted by Crippen LogP contribution is 2.47. The number of halogens is 6. The molecule has 1 aromatic carbocycles. The van der Waals surface area contributed by atoms with Crippen LogP contribution in [0.3, 0.4) is 0 Å². The molecule has 2 aliphatic rings. The molecule has 2 aromatic heterocycles. The van der Waals surface area contributed by atoms with E-state index in [0.717, 1.165) is 61.9 Å². The Hall–Kier alpha value is -1.74. The molecule has 0 radical (unpaired) electrons. The number of aromatic nitrogens is 3. The molecular formula is C21H23Cl3F3N5. The van der Waals surface area contributed by atoms with E-state index in [1.165, 1.54) is 12.1 Å². The number of fused-ring (bicyclic) bond motifs is 3. The number of hydrogen-bond acceptors (Lipinski definition) is 4. The Balaban J connectivity index is 0.00000144. The summed E-state index contributed by atoms with van der Waals surface area (Å²) in [6.45, 7) is 2.15. The highest BCUT2D eigenvalue weighted by Gasteiger charge is 2.43. The standard InChI is InChI=1S/C21H21ClF3N5.2ClH/c22-16-12-28-30-18(27-11-13-2-1-3-14(10-13)21(23,24)25)15-4-5-20(6-8-26-9-7-20)17(15)29-19(16)30;;/h1-3,10,12,26-27H,4-9,11H2;2*1H. The van der Waals surface area contributed by atoms with Gasteiger partial charge in [-0.05, 0) is 56.5 Å². The van der Waals surface area contributed by atoms with E-state index in [1.54, 1.807) is 16.8 Å². The zero-order chi connectivity index (χ0) is 20.9. The largest absolute Gasteiger partial charge is 0.416 e. The van der Waals surface area contributed by atoms with Crippen molar-refractivity contribution in [2.24, 2.45) is 0 Å². The van der Waals surface area contributed by atoms with Gasteiger partial charge in [0.05, 0.1) is 17.5 Å². The lowest BCUT2D eigenvalue weighted by molar-refractivity contribution is -0.137. The molecule has 0 bridgehead atoms. The van der Waals surface area contributed by atoms with Crippen LogP contribution in [0.4, 0.5) is 19.0 Å². The summed E-state index contributed by atoms with van der Waals surface area (Å²) >= 11 is 6.35. The quantitative estimate of drug-likeness (QED) is 0.496. The Morgan fingerprint density at radius 3 is 2.62 bits per heavy atom. The van der Waals surface area contributed by atoms with E-state index in [4.69, 9.17) is 16.6 Å². The van der Waals surface area contributed by atoms with E-state index in [0.29, 0.717) is 16.2 Å². The summed E-state index contributed by atoms with van der Waals surface area (Å²) < 4.78 is 40.9. The molecule has 5 nitrogen and oxygen atoms in total. The van der Waals surface area contributed by atoms with Gasteiger partial charge < -0.3 is 10.6 Å². The van der Waals surface area contributed by atoms with Crippen LogP contribution in [0.25, 0.3) is 5.65 Å². The maximum absolute atomic E-state index is 13.1. The van der Waals surface area contributed by atoms with E-state index >= 15 is 0 Å². The van der Waals surface area contributed by atoms with Crippen molar-refractivity contribution in [3.05, 3.63) is 57.9 Å². The van der Waals surface area contributed by atoms with Crippen molar-refractivity contribution >= 4 is 47.9 Å². The maximum Gasteiger partial charge on any atom is 0.416 e. The van der Waals surface area contributed by atoms with Crippen molar-refractivity contribution in [3.63, 3.8) is 0 Å². The van der Waals surface area contributed by atoms with Crippen LogP contribution in [0, 0.1) is 0 Å². The number of piperidine rings is 1. The molecule has 1 aliphatic heterocycles. The molecule has 3 aromatic rings. The third-order valence-corrected chi connectivity index (χ3v) is 6.60. The molecule has 32 heavy (non-hydrogen) atoms. The summed E-state index contributed by atoms with van der Waals surface area (Å²) in [5, 5.41) is 11.6. The summed E-state index contributed by atoms with van der Waals surface area (Å²) in [4.78, 5) is 4.91. The summed E-state index contributed by atoms with van der Waals surface area (Å²) in [5.74, 6) is 0.773. The Morgan fingerprint density at radius 1 is 1.16 bits per heavy atom. The molecular weight excluding hydrogens is 486 g/mol. The smallest absolute Gasteiger partial charge is 0.366 e. The molecule has 174 valence electrons. The highest BCUT2D eigenvalue weighted by atomic mass is 35.5. The van der Waals surface area contributed by atoms with Crippen molar-refractivity contribution in [1.82, 2.24) is 19.9 Å². The molecule has 0 atom stereocenters. The number of hydrogen-bond donors (Lipinski definition) is 2. The lowest BCUT2D eigenvalue weighted by atomic mass is 9.77. The van der Waals surface area contributed by atoms with Crippen LogP contribution in [0.5, 0.6) is 0 Å². The molecule has 1 saturated heterocycles. The minimum absolute atomic E-state index is 0. The molecule has 0 amide bonds. The lowest BCUT2D eigenvalue weighted by Crippen LogP contribution is -2.39. The van der Waals surface area contributed by atoms with E-state index in [1.807, 2.05) is 0 Å². The number of nitrogens with zero attached hydrogens (tertiary/aromatic N) is 3. The van der Waals surface area contributed by atoms with Crippen molar-refractivity contribution in [1.29, 1.82) is 0 Å². The van der Waals surface area contributed by atoms with Gasteiger partial charge in [-0.15, -0.1) is 24.8 Å². The zero-order valence-electron chi connectivity index (χ0n) is 17.0. The molecule has 11 heteroatoms. The van der Waals surface area contributed by atoms with Gasteiger partial charge in [-0.3, -0.25) is 0 Å². The maximum atomic E-state index is 13.1. The van der Waals surface area contributed by atoms with Gasteiger partial charge in [0.2, 0.25) is 0 Å². The second-order valence-corrected chi connectivity index (χ2v) is 8.50. The van der Waals surface area contributed by atoms with Crippen molar-refractivity contribution < 1.29 is 13.2 Å². The zero-order valence-corrected chi connectivity index (χ0v) is 19.4. The summed E-state index contributed by atoms with van der Waals surface area (Å²) in [5.41, 5.74) is 2.67. The fourth-order valence-corrected chi connectivity index (χ4v) is 4.94. The topological polar surface area (TPSA) is 54.2 Å². The van der Waals surface area contributed by atoms with Gasteiger partial charge in [-0.25, -0.2) is 4.98 Å². The van der Waals surface area contributed by atoms with Crippen molar-refractivity contribution in [2.45, 2.75) is 43.8 Å². The summed E-state index contributed by atoms with van der Waals surface area (Å²) in [6, 6.07) is 5.38. The Kier molecular flexibility index (Phi) is 7.20. The first-order valence-electron chi connectivity index (χ1n) is 10.0. The van der Waals surface area contributed by atoms with Crippen LogP contribution in [-0.4, -0.2) is 27.7 Å². The normalized spacial score (nSPS) is 17.0. The first-order valence-corrected chi connectivity index (χ1v) is 10.4. The third kappa shape index (κ3) is 4.25. The minimum Gasteiger partial charge on any atom is -0.366 e. The number of anilines is 1. The van der Waals surface area contributed by atoms with Crippen LogP contribution in [0.2, 0.25) is 5.02 Å². The summed E-state index contributed by atoms with van der Waals surface area (Å²) in [6.07, 6.45) is 1.10. The van der Waals surface area contributed by atoms with Crippen LogP contribution >= 0.6 is 36.4 Å². The van der Waals surface area contributed by atoms with E-state index < -0.39 is 11.7 Å². The average Bonchev–Trinajstić information content (AvgIpc) is 3.27. The first-order chi connectivity index (χ1) is 14.4. The van der Waals surface area contributed by atoms with Gasteiger partial charge in [0.1, 0.15) is 10.8 Å². The molecule has 3 heterocycles. The van der Waals surface area contributed by atoms with Gasteiger partial charge >= 0.3 is 6.18 Å². The first kappa shape index (κ1) is 24.9. The molecule has 1 fully saturated rings. The predicted molar refractivity (Wildman–Crippen MR) is 123 cm³/mol. The average molecular weight is 509 g/mol. The summed E-state index contributed by atoms with van der Waals surface area (Å²) in [7, 11) is 0. The van der Waals surface area contributed by atoms with E-state index in [9.17, 15) is 13.2 Å². The number of nitrogens with one attached hydrogen (secondary N) is 2. The Labute approximate surface area is 200 Å². The Morgan fingerprint density at radius 2 is 1.91 bits per heavy atom. The van der Waals surface area contributed by atoms with Gasteiger partial charge in [-0.2, -0.15) is 22.8 Å². The van der Waals surface area contributed by atoms with Gasteiger partial charge in [0.25, 0.3) is 0 Å². The van der Waals surface area contributed by atoms with Gasteiger partial charge in [0, 0.05) is 17.5 Å². The second-order valence-electron chi connectivity index (χ2n) is 8.10. The molecule has 2 N–H and O–H groups in total. The SMILES string of the molecule is Cl.Cl.FC(F)(F)c1cccc(CNc2c3c(nc4c(Cl)cnn24)C2(CCNCC2)CC3)c1. The monoisotopic (exact) mass is 507 g/mol. The third-order valence-electron chi connectivity index (χ3n) is 6.33. The second kappa shape index (κ2) is 9.25. The van der Waals surface area contributed by atoms with Crippen molar-refractivity contribution in [2.75, 3.05) is 18.4 Å². The fourth-order valence-electron chi connectivity index (χ4n) is 4.78. The van der Waals surface area contributed by atoms with Crippen LogP contribution in [-0.2, 0) is 24.6 Å².